The van der Waals surface area contributed by atoms with E-state index in [-0.39, 0.29) is 5.91 Å². The number of rotatable bonds is 8. The van der Waals surface area contributed by atoms with Crippen LogP contribution in [0.4, 0.5) is 5.69 Å². The summed E-state index contributed by atoms with van der Waals surface area (Å²) in [7, 11) is 1.66. The molecule has 2 aromatic rings. The van der Waals surface area contributed by atoms with E-state index in [0.29, 0.717) is 19.5 Å². The predicted molar refractivity (Wildman–Crippen MR) is 102 cm³/mol. The number of nitrogens with one attached hydrogen (secondary N) is 2. The van der Waals surface area contributed by atoms with Crippen LogP contribution in [-0.4, -0.2) is 26.1 Å². The fourth-order valence-corrected chi connectivity index (χ4v) is 2.66. The minimum atomic E-state index is 0.0474. The van der Waals surface area contributed by atoms with Crippen LogP contribution < -0.4 is 15.4 Å². The molecule has 0 aromatic heterocycles. The number of aryl methyl sites for hydroxylation is 1. The molecular formula is C19H23BrN2O2. The van der Waals surface area contributed by atoms with Crippen molar-refractivity contribution < 1.29 is 9.53 Å². The second kappa shape index (κ2) is 9.33. The fourth-order valence-electron chi connectivity index (χ4n) is 2.41. The fraction of sp³-hybridized carbons (Fsp3) is 0.316. The first kappa shape index (κ1) is 18.3. The van der Waals surface area contributed by atoms with Crippen LogP contribution in [0.25, 0.3) is 0 Å². The Balaban J connectivity index is 1.69. The molecule has 2 aromatic carbocycles. The third kappa shape index (κ3) is 5.57. The Morgan fingerprint density at radius 2 is 1.96 bits per heavy atom. The van der Waals surface area contributed by atoms with Gasteiger partial charge in [-0.2, -0.15) is 0 Å². The average molecular weight is 391 g/mol. The number of hydrogen-bond donors (Lipinski definition) is 2. The minimum Gasteiger partial charge on any atom is -0.496 e. The molecule has 24 heavy (non-hydrogen) atoms. The largest absolute Gasteiger partial charge is 0.496 e. The summed E-state index contributed by atoms with van der Waals surface area (Å²) in [4.78, 5) is 11.9. The summed E-state index contributed by atoms with van der Waals surface area (Å²) >= 11 is 3.48. The number of methoxy groups -OCH3 is 1. The Morgan fingerprint density at radius 1 is 1.17 bits per heavy atom. The van der Waals surface area contributed by atoms with Crippen molar-refractivity contribution >= 4 is 27.5 Å². The van der Waals surface area contributed by atoms with Gasteiger partial charge in [0.05, 0.1) is 7.11 Å². The van der Waals surface area contributed by atoms with Gasteiger partial charge >= 0.3 is 0 Å². The van der Waals surface area contributed by atoms with Gasteiger partial charge < -0.3 is 15.4 Å². The molecule has 0 saturated carbocycles. The normalized spacial score (nSPS) is 10.3. The van der Waals surface area contributed by atoms with Crippen molar-refractivity contribution in [2.24, 2.45) is 0 Å². The Labute approximate surface area is 151 Å². The minimum absolute atomic E-state index is 0.0474. The molecule has 0 fully saturated rings. The molecule has 0 bridgehead atoms. The number of ether oxygens (including phenoxy) is 1. The monoisotopic (exact) mass is 390 g/mol. The Hall–Kier alpha value is -2.01. The van der Waals surface area contributed by atoms with Crippen LogP contribution in [0.1, 0.15) is 17.5 Å². The maximum atomic E-state index is 11.9. The van der Waals surface area contributed by atoms with Gasteiger partial charge in [-0.25, -0.2) is 0 Å². The van der Waals surface area contributed by atoms with Gasteiger partial charge in [0.1, 0.15) is 5.75 Å². The Kier molecular flexibility index (Phi) is 7.12. The first-order valence-corrected chi connectivity index (χ1v) is 8.78. The molecule has 5 heteroatoms. The second-order valence-corrected chi connectivity index (χ2v) is 6.41. The molecule has 0 radical (unpaired) electrons. The quantitative estimate of drug-likeness (QED) is 0.717. The highest BCUT2D eigenvalue weighted by Crippen LogP contribution is 2.20. The zero-order valence-corrected chi connectivity index (χ0v) is 15.7. The summed E-state index contributed by atoms with van der Waals surface area (Å²) in [6.45, 7) is 3.26. The van der Waals surface area contributed by atoms with E-state index < -0.39 is 0 Å². The van der Waals surface area contributed by atoms with Crippen molar-refractivity contribution in [2.75, 3.05) is 25.5 Å². The molecule has 4 nitrogen and oxygen atoms in total. The summed E-state index contributed by atoms with van der Waals surface area (Å²) in [5.74, 6) is 0.908. The van der Waals surface area contributed by atoms with Gasteiger partial charge in [0.15, 0.2) is 0 Å². The van der Waals surface area contributed by atoms with Crippen molar-refractivity contribution in [3.05, 3.63) is 58.1 Å². The highest BCUT2D eigenvalue weighted by Gasteiger charge is 2.04. The van der Waals surface area contributed by atoms with Gasteiger partial charge in [0.2, 0.25) is 5.91 Å². The van der Waals surface area contributed by atoms with Gasteiger partial charge in [-0.05, 0) is 48.7 Å². The number of hydrogen-bond acceptors (Lipinski definition) is 3. The lowest BCUT2D eigenvalue weighted by atomic mass is 10.1. The summed E-state index contributed by atoms with van der Waals surface area (Å²) in [6, 6.07) is 13.9. The number of amides is 1. The number of benzene rings is 2. The van der Waals surface area contributed by atoms with Crippen molar-refractivity contribution in [1.29, 1.82) is 0 Å². The van der Waals surface area contributed by atoms with Crippen LogP contribution >= 0.6 is 15.9 Å². The van der Waals surface area contributed by atoms with Crippen LogP contribution in [0, 0.1) is 6.92 Å². The van der Waals surface area contributed by atoms with E-state index in [0.717, 1.165) is 27.9 Å². The number of anilines is 1. The van der Waals surface area contributed by atoms with Crippen molar-refractivity contribution in [3.8, 4) is 5.75 Å². The Morgan fingerprint density at radius 3 is 2.71 bits per heavy atom. The zero-order chi connectivity index (χ0) is 17.4. The van der Waals surface area contributed by atoms with Gasteiger partial charge in [0.25, 0.3) is 0 Å². The van der Waals surface area contributed by atoms with E-state index >= 15 is 0 Å². The van der Waals surface area contributed by atoms with E-state index in [4.69, 9.17) is 4.74 Å². The Bertz CT molecular complexity index is 689. The third-order valence-corrected chi connectivity index (χ3v) is 4.64. The summed E-state index contributed by atoms with van der Waals surface area (Å²) in [5, 5.41) is 6.22. The molecule has 0 atom stereocenters. The molecule has 0 unspecified atom stereocenters. The first-order chi connectivity index (χ1) is 11.6. The number of halogens is 1. The van der Waals surface area contributed by atoms with E-state index in [9.17, 15) is 4.79 Å². The SMILES string of the molecule is COc1ccccc1CCNC(=O)CCNc1ccc(Br)c(C)c1. The van der Waals surface area contributed by atoms with Gasteiger partial charge in [0, 0.05) is 29.7 Å². The molecule has 0 aliphatic carbocycles. The zero-order valence-electron chi connectivity index (χ0n) is 14.1. The molecule has 1 amide bonds. The highest BCUT2D eigenvalue weighted by atomic mass is 79.9. The van der Waals surface area contributed by atoms with E-state index in [1.807, 2.05) is 43.3 Å². The lowest BCUT2D eigenvalue weighted by molar-refractivity contribution is -0.120. The lowest BCUT2D eigenvalue weighted by Gasteiger charge is -2.10. The van der Waals surface area contributed by atoms with Gasteiger partial charge in [-0.15, -0.1) is 0 Å². The van der Waals surface area contributed by atoms with Crippen molar-refractivity contribution in [1.82, 2.24) is 5.32 Å². The van der Waals surface area contributed by atoms with Gasteiger partial charge in [-0.1, -0.05) is 34.1 Å². The van der Waals surface area contributed by atoms with Crippen molar-refractivity contribution in [2.45, 2.75) is 19.8 Å². The molecule has 0 aliphatic heterocycles. The van der Waals surface area contributed by atoms with E-state index in [1.54, 1.807) is 7.11 Å². The van der Waals surface area contributed by atoms with Crippen LogP contribution in [-0.2, 0) is 11.2 Å². The highest BCUT2D eigenvalue weighted by molar-refractivity contribution is 9.10. The topological polar surface area (TPSA) is 50.4 Å². The predicted octanol–water partition coefficient (Wildman–Crippen LogP) is 3.93. The molecule has 0 aliphatic rings. The summed E-state index contributed by atoms with van der Waals surface area (Å²) in [6.07, 6.45) is 1.20. The van der Waals surface area contributed by atoms with E-state index in [1.165, 1.54) is 5.56 Å². The second-order valence-electron chi connectivity index (χ2n) is 5.55. The van der Waals surface area contributed by atoms with E-state index in [2.05, 4.69) is 32.6 Å². The number of carbonyl (C=O) groups excluding carboxylic acids is 1. The maximum absolute atomic E-state index is 11.9. The maximum Gasteiger partial charge on any atom is 0.221 e. The molecule has 2 N–H and O–H groups in total. The first-order valence-electron chi connectivity index (χ1n) is 7.99. The standard InChI is InChI=1S/C19H23BrN2O2/c1-14-13-16(7-8-17(14)20)21-12-10-19(23)22-11-9-15-5-3-4-6-18(15)24-2/h3-8,13,21H,9-12H2,1-2H3,(H,22,23). The van der Waals surface area contributed by atoms with Crippen LogP contribution in [0.3, 0.4) is 0 Å². The van der Waals surface area contributed by atoms with Crippen LogP contribution in [0.5, 0.6) is 5.75 Å². The molecule has 128 valence electrons. The van der Waals surface area contributed by atoms with Crippen LogP contribution in [0.15, 0.2) is 46.9 Å². The number of para-hydroxylation sites is 1. The average Bonchev–Trinajstić information content (AvgIpc) is 2.58. The summed E-state index contributed by atoms with van der Waals surface area (Å²) in [5.41, 5.74) is 3.29. The van der Waals surface area contributed by atoms with Crippen molar-refractivity contribution in [3.63, 3.8) is 0 Å². The lowest BCUT2D eigenvalue weighted by Crippen LogP contribution is -2.27. The van der Waals surface area contributed by atoms with Crippen LogP contribution in [0.2, 0.25) is 0 Å². The molecular weight excluding hydrogens is 368 g/mol. The molecule has 2 rings (SSSR count). The molecule has 0 heterocycles. The molecule has 0 spiro atoms. The number of carbonyl (C=O) groups is 1. The summed E-state index contributed by atoms with van der Waals surface area (Å²) < 4.78 is 6.39. The third-order valence-electron chi connectivity index (χ3n) is 3.75. The molecule has 0 saturated heterocycles. The smallest absolute Gasteiger partial charge is 0.221 e. The van der Waals surface area contributed by atoms with Gasteiger partial charge in [-0.3, -0.25) is 4.79 Å².